The second kappa shape index (κ2) is 7.55. The first kappa shape index (κ1) is 17.8. The molecule has 0 atom stereocenters. The number of nitrogens with zero attached hydrogens (tertiary/aromatic N) is 5. The van der Waals surface area contributed by atoms with Crippen molar-refractivity contribution in [1.82, 2.24) is 19.9 Å². The Morgan fingerprint density at radius 3 is 2.74 bits per heavy atom. The number of carbonyl (C=O) groups is 1. The van der Waals surface area contributed by atoms with Crippen molar-refractivity contribution in [3.63, 3.8) is 0 Å². The van der Waals surface area contributed by atoms with Crippen LogP contribution >= 0.6 is 22.7 Å². The highest BCUT2D eigenvalue weighted by atomic mass is 32.1. The van der Waals surface area contributed by atoms with Gasteiger partial charge in [0.1, 0.15) is 0 Å². The summed E-state index contributed by atoms with van der Waals surface area (Å²) < 4.78 is 5.29. The lowest BCUT2D eigenvalue weighted by molar-refractivity contribution is -0.380. The standard InChI is InChI=1S/C16H15N5O4S2/c22-16(12-3-4-14(27-12)21(23)24)20-7-5-19(6-8-20)10-13-17-15(25-18-13)11-2-1-9-26-11/h1-4,9H,5-8,10H2. The zero-order valence-corrected chi connectivity index (χ0v) is 15.7. The van der Waals surface area contributed by atoms with Crippen LogP contribution in [0.25, 0.3) is 10.8 Å². The van der Waals surface area contributed by atoms with Gasteiger partial charge < -0.3 is 9.42 Å². The van der Waals surface area contributed by atoms with Gasteiger partial charge in [0.25, 0.3) is 11.8 Å². The van der Waals surface area contributed by atoms with Gasteiger partial charge >= 0.3 is 5.00 Å². The van der Waals surface area contributed by atoms with Crippen molar-refractivity contribution in [2.45, 2.75) is 6.54 Å². The van der Waals surface area contributed by atoms with Crippen molar-refractivity contribution >= 4 is 33.6 Å². The summed E-state index contributed by atoms with van der Waals surface area (Å²) in [6, 6.07) is 6.75. The van der Waals surface area contributed by atoms with Gasteiger partial charge in [-0.1, -0.05) is 22.6 Å². The van der Waals surface area contributed by atoms with Gasteiger partial charge in [-0.05, 0) is 17.5 Å². The average Bonchev–Trinajstić information content (AvgIpc) is 3.42. The Kier molecular flexibility index (Phi) is 4.97. The van der Waals surface area contributed by atoms with E-state index in [9.17, 15) is 14.9 Å². The molecule has 3 aromatic heterocycles. The molecule has 0 bridgehead atoms. The fourth-order valence-electron chi connectivity index (χ4n) is 2.82. The maximum atomic E-state index is 12.5. The molecule has 1 saturated heterocycles. The van der Waals surface area contributed by atoms with Crippen LogP contribution in [0, 0.1) is 10.1 Å². The predicted molar refractivity (Wildman–Crippen MR) is 99.8 cm³/mol. The van der Waals surface area contributed by atoms with E-state index in [0.717, 1.165) is 16.2 Å². The molecule has 1 amide bonds. The third kappa shape index (κ3) is 3.89. The molecule has 27 heavy (non-hydrogen) atoms. The minimum Gasteiger partial charge on any atom is -0.335 e. The van der Waals surface area contributed by atoms with Crippen LogP contribution in [0.5, 0.6) is 0 Å². The monoisotopic (exact) mass is 405 g/mol. The summed E-state index contributed by atoms with van der Waals surface area (Å²) in [4.78, 5) is 32.4. The summed E-state index contributed by atoms with van der Waals surface area (Å²) in [6.45, 7) is 3.03. The van der Waals surface area contributed by atoms with E-state index < -0.39 is 4.92 Å². The molecular formula is C16H15N5O4S2. The lowest BCUT2D eigenvalue weighted by Gasteiger charge is -2.33. The van der Waals surface area contributed by atoms with Gasteiger partial charge in [-0.3, -0.25) is 19.8 Å². The Hall–Kier alpha value is -2.63. The van der Waals surface area contributed by atoms with E-state index in [0.29, 0.717) is 49.3 Å². The predicted octanol–water partition coefficient (Wildman–Crippen LogP) is 2.73. The van der Waals surface area contributed by atoms with E-state index in [1.54, 1.807) is 16.2 Å². The highest BCUT2D eigenvalue weighted by Gasteiger charge is 2.25. The smallest absolute Gasteiger partial charge is 0.324 e. The topological polar surface area (TPSA) is 106 Å². The van der Waals surface area contributed by atoms with Crippen LogP contribution in [0.4, 0.5) is 5.00 Å². The van der Waals surface area contributed by atoms with E-state index in [1.807, 2.05) is 17.5 Å². The third-order valence-electron chi connectivity index (χ3n) is 4.21. The Labute approximate surface area is 162 Å². The first-order valence-corrected chi connectivity index (χ1v) is 9.92. The first-order valence-electron chi connectivity index (χ1n) is 8.22. The van der Waals surface area contributed by atoms with E-state index in [-0.39, 0.29) is 10.9 Å². The Morgan fingerprint density at radius 2 is 2.07 bits per heavy atom. The first-order chi connectivity index (χ1) is 13.1. The van der Waals surface area contributed by atoms with Crippen molar-refractivity contribution in [3.05, 3.63) is 50.5 Å². The van der Waals surface area contributed by atoms with Crippen LogP contribution in [0.2, 0.25) is 0 Å². The Morgan fingerprint density at radius 1 is 1.26 bits per heavy atom. The molecule has 1 aliphatic rings. The molecule has 11 heteroatoms. The molecule has 0 saturated carbocycles. The summed E-state index contributed by atoms with van der Waals surface area (Å²) in [7, 11) is 0. The fraction of sp³-hybridized carbons (Fsp3) is 0.312. The van der Waals surface area contributed by atoms with Gasteiger partial charge in [-0.15, -0.1) is 11.3 Å². The normalized spacial score (nSPS) is 15.2. The highest BCUT2D eigenvalue weighted by Crippen LogP contribution is 2.26. The van der Waals surface area contributed by atoms with Crippen molar-refractivity contribution in [2.75, 3.05) is 26.2 Å². The molecule has 0 aliphatic carbocycles. The van der Waals surface area contributed by atoms with E-state index in [4.69, 9.17) is 4.52 Å². The summed E-state index contributed by atoms with van der Waals surface area (Å²) in [5, 5.41) is 16.7. The third-order valence-corrected chi connectivity index (χ3v) is 6.09. The maximum Gasteiger partial charge on any atom is 0.324 e. The fourth-order valence-corrected chi connectivity index (χ4v) is 4.26. The van der Waals surface area contributed by atoms with Crippen LogP contribution < -0.4 is 0 Å². The Bertz CT molecular complexity index is 944. The zero-order valence-electron chi connectivity index (χ0n) is 14.1. The van der Waals surface area contributed by atoms with E-state index >= 15 is 0 Å². The van der Waals surface area contributed by atoms with Crippen LogP contribution in [0.15, 0.2) is 34.2 Å². The second-order valence-electron chi connectivity index (χ2n) is 5.96. The molecule has 0 unspecified atom stereocenters. The molecule has 3 aromatic rings. The molecule has 0 aromatic carbocycles. The molecule has 0 radical (unpaired) electrons. The summed E-state index contributed by atoms with van der Waals surface area (Å²) >= 11 is 2.46. The number of aromatic nitrogens is 2. The number of hydrogen-bond donors (Lipinski definition) is 0. The molecule has 9 nitrogen and oxygen atoms in total. The van der Waals surface area contributed by atoms with Crippen molar-refractivity contribution < 1.29 is 14.2 Å². The number of rotatable bonds is 5. The minimum absolute atomic E-state index is 0.0179. The van der Waals surface area contributed by atoms with Crippen LogP contribution in [-0.4, -0.2) is 56.9 Å². The molecule has 1 aliphatic heterocycles. The van der Waals surface area contributed by atoms with Gasteiger partial charge in [0.2, 0.25) is 0 Å². The SMILES string of the molecule is O=C(c1ccc([N+](=O)[O-])s1)N1CCN(Cc2noc(-c3cccs3)n2)CC1. The van der Waals surface area contributed by atoms with Gasteiger partial charge in [-0.2, -0.15) is 4.98 Å². The number of thiophene rings is 2. The molecule has 140 valence electrons. The highest BCUT2D eigenvalue weighted by molar-refractivity contribution is 7.17. The summed E-state index contributed by atoms with van der Waals surface area (Å²) in [6.07, 6.45) is 0. The van der Waals surface area contributed by atoms with Crippen molar-refractivity contribution in [1.29, 1.82) is 0 Å². The van der Waals surface area contributed by atoms with Crippen LogP contribution in [0.3, 0.4) is 0 Å². The molecule has 1 fully saturated rings. The minimum atomic E-state index is -0.477. The van der Waals surface area contributed by atoms with Crippen LogP contribution in [0.1, 0.15) is 15.5 Å². The molecule has 4 rings (SSSR count). The van der Waals surface area contributed by atoms with Gasteiger partial charge in [0.15, 0.2) is 5.82 Å². The summed E-state index contributed by atoms with van der Waals surface area (Å²) in [5.74, 6) is 0.979. The number of nitro groups is 1. The molecule has 0 spiro atoms. The number of amides is 1. The molecule has 0 N–H and O–H groups in total. The van der Waals surface area contributed by atoms with Crippen molar-refractivity contribution in [2.24, 2.45) is 0 Å². The largest absolute Gasteiger partial charge is 0.335 e. The van der Waals surface area contributed by atoms with Gasteiger partial charge in [0, 0.05) is 32.2 Å². The lowest BCUT2D eigenvalue weighted by Crippen LogP contribution is -2.48. The second-order valence-corrected chi connectivity index (χ2v) is 7.97. The number of piperazine rings is 1. The van der Waals surface area contributed by atoms with Crippen molar-refractivity contribution in [3.8, 4) is 10.8 Å². The lowest BCUT2D eigenvalue weighted by atomic mass is 10.3. The average molecular weight is 405 g/mol. The molecule has 4 heterocycles. The van der Waals surface area contributed by atoms with E-state index in [2.05, 4.69) is 15.0 Å². The number of carbonyl (C=O) groups excluding carboxylic acids is 1. The van der Waals surface area contributed by atoms with Gasteiger partial charge in [-0.25, -0.2) is 0 Å². The maximum absolute atomic E-state index is 12.5. The quantitative estimate of drug-likeness (QED) is 0.475. The summed E-state index contributed by atoms with van der Waals surface area (Å²) in [5.41, 5.74) is 0. The Balaban J connectivity index is 1.32. The van der Waals surface area contributed by atoms with Gasteiger partial charge in [0.05, 0.1) is 21.2 Å². The van der Waals surface area contributed by atoms with E-state index in [1.165, 1.54) is 12.1 Å². The number of hydrogen-bond acceptors (Lipinski definition) is 9. The molecular weight excluding hydrogens is 390 g/mol. The van der Waals surface area contributed by atoms with Crippen LogP contribution in [-0.2, 0) is 6.54 Å². The zero-order chi connectivity index (χ0) is 18.8.